The van der Waals surface area contributed by atoms with Crippen molar-refractivity contribution in [3.05, 3.63) is 40.2 Å². The minimum absolute atomic E-state index is 0.150. The Morgan fingerprint density at radius 2 is 2.26 bits per heavy atom. The fourth-order valence-electron chi connectivity index (χ4n) is 1.63. The minimum Gasteiger partial charge on any atom is -0.298 e. The van der Waals surface area contributed by atoms with E-state index in [9.17, 15) is 9.18 Å². The summed E-state index contributed by atoms with van der Waals surface area (Å²) in [4.78, 5) is 17.6. The summed E-state index contributed by atoms with van der Waals surface area (Å²) in [7, 11) is 0. The first-order valence-corrected chi connectivity index (χ1v) is 7.03. The van der Waals surface area contributed by atoms with Crippen LogP contribution in [-0.4, -0.2) is 10.9 Å². The van der Waals surface area contributed by atoms with Gasteiger partial charge in [0.1, 0.15) is 5.82 Å². The predicted molar refractivity (Wildman–Crippen MR) is 77.8 cm³/mol. The summed E-state index contributed by atoms with van der Waals surface area (Å²) in [5, 5.41) is 3.27. The fraction of sp³-hybridized carbons (Fsp3) is 0.231. The average molecular weight is 296 g/mol. The van der Waals surface area contributed by atoms with Crippen LogP contribution in [-0.2, 0) is 6.42 Å². The van der Waals surface area contributed by atoms with Gasteiger partial charge >= 0.3 is 0 Å². The standard InChI is InChI=1S/C13H13FN2OS2/c1-3-10-7(2)19-13(15-10)16-12(17)8-4-5-9(14)11(18)6-8/h4-6,18H,3H2,1-2H3,(H,15,16,17). The third-order valence-electron chi connectivity index (χ3n) is 2.66. The van der Waals surface area contributed by atoms with Crippen molar-refractivity contribution in [2.45, 2.75) is 25.2 Å². The first-order chi connectivity index (χ1) is 9.01. The number of aromatic nitrogens is 1. The first kappa shape index (κ1) is 14.0. The molecule has 0 spiro atoms. The Morgan fingerprint density at radius 1 is 1.53 bits per heavy atom. The molecule has 2 rings (SSSR count). The Balaban J connectivity index is 2.18. The number of carbonyl (C=O) groups is 1. The van der Waals surface area contributed by atoms with Gasteiger partial charge in [0.2, 0.25) is 0 Å². The molecular weight excluding hydrogens is 283 g/mol. The van der Waals surface area contributed by atoms with Crippen molar-refractivity contribution >= 4 is 35.0 Å². The molecule has 1 aromatic carbocycles. The van der Waals surface area contributed by atoms with Crippen molar-refractivity contribution in [1.82, 2.24) is 4.98 Å². The SMILES string of the molecule is CCc1nc(NC(=O)c2ccc(F)c(S)c2)sc1C. The summed E-state index contributed by atoms with van der Waals surface area (Å²) < 4.78 is 13.1. The van der Waals surface area contributed by atoms with Crippen LogP contribution >= 0.6 is 24.0 Å². The minimum atomic E-state index is -0.446. The lowest BCUT2D eigenvalue weighted by Gasteiger charge is -2.03. The number of benzene rings is 1. The largest absolute Gasteiger partial charge is 0.298 e. The molecule has 0 aliphatic carbocycles. The number of nitrogens with zero attached hydrogens (tertiary/aromatic N) is 1. The van der Waals surface area contributed by atoms with Crippen LogP contribution in [0.2, 0.25) is 0 Å². The summed E-state index contributed by atoms with van der Waals surface area (Å²) >= 11 is 5.39. The molecule has 0 bridgehead atoms. The Morgan fingerprint density at radius 3 is 2.84 bits per heavy atom. The zero-order chi connectivity index (χ0) is 14.0. The molecule has 6 heteroatoms. The van der Waals surface area contributed by atoms with E-state index in [-0.39, 0.29) is 10.8 Å². The van der Waals surface area contributed by atoms with E-state index in [4.69, 9.17) is 0 Å². The van der Waals surface area contributed by atoms with Gasteiger partial charge in [-0.3, -0.25) is 10.1 Å². The normalized spacial score (nSPS) is 10.5. The highest BCUT2D eigenvalue weighted by atomic mass is 32.1. The molecule has 3 nitrogen and oxygen atoms in total. The molecule has 100 valence electrons. The van der Waals surface area contributed by atoms with E-state index in [1.807, 2.05) is 13.8 Å². The smallest absolute Gasteiger partial charge is 0.257 e. The number of rotatable bonds is 3. The molecule has 0 radical (unpaired) electrons. The molecule has 1 aromatic heterocycles. The topological polar surface area (TPSA) is 42.0 Å². The predicted octanol–water partition coefficient (Wildman–Crippen LogP) is 3.69. The molecule has 0 saturated carbocycles. The third kappa shape index (κ3) is 3.13. The zero-order valence-corrected chi connectivity index (χ0v) is 12.2. The zero-order valence-electron chi connectivity index (χ0n) is 10.5. The van der Waals surface area contributed by atoms with Gasteiger partial charge in [0, 0.05) is 15.3 Å². The van der Waals surface area contributed by atoms with Gasteiger partial charge in [-0.1, -0.05) is 6.92 Å². The van der Waals surface area contributed by atoms with Gasteiger partial charge in [-0.25, -0.2) is 9.37 Å². The average Bonchev–Trinajstić information content (AvgIpc) is 2.72. The first-order valence-electron chi connectivity index (χ1n) is 5.77. The van der Waals surface area contributed by atoms with E-state index < -0.39 is 5.82 Å². The molecular formula is C13H13FN2OS2. The van der Waals surface area contributed by atoms with Gasteiger partial charge in [0.05, 0.1) is 5.69 Å². The molecule has 0 saturated heterocycles. The van der Waals surface area contributed by atoms with Gasteiger partial charge in [-0.05, 0) is 31.5 Å². The van der Waals surface area contributed by atoms with Crippen molar-refractivity contribution in [3.8, 4) is 0 Å². The van der Waals surface area contributed by atoms with Crippen molar-refractivity contribution in [3.63, 3.8) is 0 Å². The van der Waals surface area contributed by atoms with Crippen LogP contribution in [0.3, 0.4) is 0 Å². The monoisotopic (exact) mass is 296 g/mol. The molecule has 0 fully saturated rings. The number of hydrogen-bond acceptors (Lipinski definition) is 4. The Labute approximate surface area is 120 Å². The maximum absolute atomic E-state index is 13.1. The van der Waals surface area contributed by atoms with Crippen molar-refractivity contribution in [2.24, 2.45) is 0 Å². The van der Waals surface area contributed by atoms with Gasteiger partial charge in [-0.15, -0.1) is 24.0 Å². The lowest BCUT2D eigenvalue weighted by atomic mass is 10.2. The van der Waals surface area contributed by atoms with Gasteiger partial charge < -0.3 is 0 Å². The van der Waals surface area contributed by atoms with Crippen LogP contribution in [0.5, 0.6) is 0 Å². The molecule has 19 heavy (non-hydrogen) atoms. The lowest BCUT2D eigenvalue weighted by Crippen LogP contribution is -2.11. The number of anilines is 1. The number of nitrogens with one attached hydrogen (secondary N) is 1. The fourth-order valence-corrected chi connectivity index (χ4v) is 2.74. The van der Waals surface area contributed by atoms with Crippen LogP contribution in [0.25, 0.3) is 0 Å². The molecule has 0 unspecified atom stereocenters. The number of carbonyl (C=O) groups excluding carboxylic acids is 1. The quantitative estimate of drug-likeness (QED) is 0.848. The van der Waals surface area contributed by atoms with Crippen LogP contribution in [0.15, 0.2) is 23.1 Å². The third-order valence-corrected chi connectivity index (χ3v) is 3.93. The lowest BCUT2D eigenvalue weighted by molar-refractivity contribution is 0.102. The second-order valence-corrected chi connectivity index (χ2v) is 5.68. The van der Waals surface area contributed by atoms with E-state index in [1.54, 1.807) is 0 Å². The molecule has 0 aliphatic heterocycles. The maximum Gasteiger partial charge on any atom is 0.257 e. The van der Waals surface area contributed by atoms with E-state index in [0.29, 0.717) is 10.7 Å². The summed E-state index contributed by atoms with van der Waals surface area (Å²) in [5.74, 6) is -0.759. The van der Waals surface area contributed by atoms with Crippen molar-refractivity contribution < 1.29 is 9.18 Å². The number of hydrogen-bond donors (Lipinski definition) is 2. The Bertz CT molecular complexity index is 625. The Kier molecular flexibility index (Phi) is 4.21. The number of halogens is 1. The van der Waals surface area contributed by atoms with Gasteiger partial charge in [0.15, 0.2) is 5.13 Å². The van der Waals surface area contributed by atoms with E-state index in [1.165, 1.54) is 29.5 Å². The Hall–Kier alpha value is -1.40. The second-order valence-electron chi connectivity index (χ2n) is 4.00. The van der Waals surface area contributed by atoms with Crippen LogP contribution < -0.4 is 5.32 Å². The number of aryl methyl sites for hydroxylation is 2. The molecule has 1 heterocycles. The van der Waals surface area contributed by atoms with Crippen LogP contribution in [0, 0.1) is 12.7 Å². The summed E-state index contributed by atoms with van der Waals surface area (Å²) in [6, 6.07) is 4.04. The van der Waals surface area contributed by atoms with Crippen molar-refractivity contribution in [2.75, 3.05) is 5.32 Å². The number of thiol groups is 1. The molecule has 0 atom stereocenters. The van der Waals surface area contributed by atoms with Gasteiger partial charge in [0.25, 0.3) is 5.91 Å². The number of thiazole rings is 1. The summed E-state index contributed by atoms with van der Waals surface area (Å²) in [5.41, 5.74) is 1.34. The van der Waals surface area contributed by atoms with E-state index in [2.05, 4.69) is 22.9 Å². The van der Waals surface area contributed by atoms with Gasteiger partial charge in [-0.2, -0.15) is 0 Å². The highest BCUT2D eigenvalue weighted by Gasteiger charge is 2.12. The van der Waals surface area contributed by atoms with E-state index >= 15 is 0 Å². The molecule has 2 aromatic rings. The number of amides is 1. The second kappa shape index (κ2) is 5.71. The van der Waals surface area contributed by atoms with Crippen LogP contribution in [0.1, 0.15) is 27.9 Å². The molecule has 0 aliphatic rings. The maximum atomic E-state index is 13.1. The van der Waals surface area contributed by atoms with Crippen molar-refractivity contribution in [1.29, 1.82) is 0 Å². The molecule has 1 amide bonds. The highest BCUT2D eigenvalue weighted by molar-refractivity contribution is 7.80. The van der Waals surface area contributed by atoms with Crippen LogP contribution in [0.4, 0.5) is 9.52 Å². The van der Waals surface area contributed by atoms with E-state index in [0.717, 1.165) is 17.0 Å². The highest BCUT2D eigenvalue weighted by Crippen LogP contribution is 2.23. The molecule has 1 N–H and O–H groups in total. The summed E-state index contributed by atoms with van der Waals surface area (Å²) in [6.07, 6.45) is 0.829. The summed E-state index contributed by atoms with van der Waals surface area (Å²) in [6.45, 7) is 3.98.